The van der Waals surface area contributed by atoms with Crippen molar-refractivity contribution in [3.63, 3.8) is 0 Å². The number of allylic oxidation sites excluding steroid dienone is 2. The maximum absolute atomic E-state index is 11.7. The number of hydrogen-bond acceptors (Lipinski definition) is 3. The summed E-state index contributed by atoms with van der Waals surface area (Å²) < 4.78 is 10.8. The van der Waals surface area contributed by atoms with E-state index in [0.717, 1.165) is 25.9 Å². The van der Waals surface area contributed by atoms with E-state index in [4.69, 9.17) is 9.47 Å². The van der Waals surface area contributed by atoms with Crippen LogP contribution < -0.4 is 0 Å². The summed E-state index contributed by atoms with van der Waals surface area (Å²) in [6.45, 7) is 4.54. The molecule has 96 valence electrons. The van der Waals surface area contributed by atoms with Crippen molar-refractivity contribution in [2.45, 2.75) is 26.2 Å². The first kappa shape index (κ1) is 12.8. The van der Waals surface area contributed by atoms with Crippen LogP contribution in [0.1, 0.15) is 26.2 Å². The van der Waals surface area contributed by atoms with Gasteiger partial charge in [-0.15, -0.1) is 0 Å². The van der Waals surface area contributed by atoms with Gasteiger partial charge in [0.25, 0.3) is 0 Å². The average molecular weight is 238 g/mol. The third kappa shape index (κ3) is 3.65. The van der Waals surface area contributed by atoms with Crippen LogP contribution in [0.3, 0.4) is 0 Å². The maximum Gasteiger partial charge on any atom is 0.163 e. The quantitative estimate of drug-likeness (QED) is 0.689. The monoisotopic (exact) mass is 238 g/mol. The summed E-state index contributed by atoms with van der Waals surface area (Å²) in [6, 6.07) is 0. The van der Waals surface area contributed by atoms with Gasteiger partial charge in [-0.2, -0.15) is 0 Å². The van der Waals surface area contributed by atoms with E-state index >= 15 is 0 Å². The van der Waals surface area contributed by atoms with Gasteiger partial charge in [-0.05, 0) is 31.1 Å². The van der Waals surface area contributed by atoms with E-state index in [2.05, 4.69) is 19.1 Å². The summed E-state index contributed by atoms with van der Waals surface area (Å²) in [7, 11) is 0. The Kier molecular flexibility index (Phi) is 4.75. The fourth-order valence-electron chi connectivity index (χ4n) is 2.46. The highest BCUT2D eigenvalue weighted by Gasteiger charge is 2.24. The molecule has 3 nitrogen and oxygen atoms in total. The molecule has 0 aromatic carbocycles. The zero-order chi connectivity index (χ0) is 12.1. The third-order valence-corrected chi connectivity index (χ3v) is 3.88. The zero-order valence-corrected chi connectivity index (χ0v) is 10.6. The SMILES string of the molecule is CC1CC=CCC1COCC(=O)C1CCOC1. The molecule has 2 aliphatic rings. The van der Waals surface area contributed by atoms with Crippen LogP contribution in [0.25, 0.3) is 0 Å². The second kappa shape index (κ2) is 6.31. The Morgan fingerprint density at radius 1 is 1.41 bits per heavy atom. The number of ketones is 1. The molecule has 1 aliphatic carbocycles. The molecule has 0 saturated carbocycles. The Bertz CT molecular complexity index is 279. The van der Waals surface area contributed by atoms with E-state index < -0.39 is 0 Å². The summed E-state index contributed by atoms with van der Waals surface area (Å²) in [5.41, 5.74) is 0. The van der Waals surface area contributed by atoms with Crippen LogP contribution in [0, 0.1) is 17.8 Å². The summed E-state index contributed by atoms with van der Waals surface area (Å²) >= 11 is 0. The van der Waals surface area contributed by atoms with Crippen LogP contribution in [-0.2, 0) is 14.3 Å². The predicted octanol–water partition coefficient (Wildman–Crippen LogP) is 2.21. The summed E-state index contributed by atoms with van der Waals surface area (Å²) in [5, 5.41) is 0. The van der Waals surface area contributed by atoms with Gasteiger partial charge in [-0.1, -0.05) is 19.1 Å². The molecule has 0 aromatic rings. The van der Waals surface area contributed by atoms with Crippen LogP contribution in [-0.4, -0.2) is 32.2 Å². The smallest absolute Gasteiger partial charge is 0.163 e. The lowest BCUT2D eigenvalue weighted by Crippen LogP contribution is -2.24. The van der Waals surface area contributed by atoms with Gasteiger partial charge in [0.05, 0.1) is 13.2 Å². The van der Waals surface area contributed by atoms with Crippen molar-refractivity contribution in [2.24, 2.45) is 17.8 Å². The Morgan fingerprint density at radius 3 is 2.94 bits per heavy atom. The number of carbonyl (C=O) groups is 1. The number of carbonyl (C=O) groups excluding carboxylic acids is 1. The Labute approximate surface area is 103 Å². The molecule has 0 radical (unpaired) electrons. The molecule has 0 aromatic heterocycles. The number of ether oxygens (including phenoxy) is 2. The maximum atomic E-state index is 11.7. The van der Waals surface area contributed by atoms with Crippen molar-refractivity contribution in [1.29, 1.82) is 0 Å². The molecule has 3 unspecified atom stereocenters. The largest absolute Gasteiger partial charge is 0.381 e. The molecule has 1 aliphatic heterocycles. The molecule has 0 spiro atoms. The van der Waals surface area contributed by atoms with Crippen molar-refractivity contribution >= 4 is 5.78 Å². The molecule has 1 heterocycles. The number of rotatable bonds is 5. The lowest BCUT2D eigenvalue weighted by Gasteiger charge is -2.24. The van der Waals surface area contributed by atoms with Crippen LogP contribution >= 0.6 is 0 Å². The molecular formula is C14H22O3. The van der Waals surface area contributed by atoms with Crippen molar-refractivity contribution in [1.82, 2.24) is 0 Å². The molecule has 1 saturated heterocycles. The molecule has 0 bridgehead atoms. The molecule has 1 fully saturated rings. The van der Waals surface area contributed by atoms with E-state index in [-0.39, 0.29) is 18.3 Å². The Morgan fingerprint density at radius 2 is 2.24 bits per heavy atom. The van der Waals surface area contributed by atoms with Crippen molar-refractivity contribution < 1.29 is 14.3 Å². The highest BCUT2D eigenvalue weighted by Crippen LogP contribution is 2.25. The molecule has 2 rings (SSSR count). The van der Waals surface area contributed by atoms with Gasteiger partial charge in [-0.3, -0.25) is 4.79 Å². The van der Waals surface area contributed by atoms with E-state index in [9.17, 15) is 4.79 Å². The van der Waals surface area contributed by atoms with E-state index in [1.807, 2.05) is 0 Å². The van der Waals surface area contributed by atoms with Crippen molar-refractivity contribution in [3.8, 4) is 0 Å². The van der Waals surface area contributed by atoms with Crippen molar-refractivity contribution in [2.75, 3.05) is 26.4 Å². The van der Waals surface area contributed by atoms with Gasteiger partial charge in [0.1, 0.15) is 6.61 Å². The minimum atomic E-state index is 0.0821. The number of hydrogen-bond donors (Lipinski definition) is 0. The molecule has 3 heteroatoms. The van der Waals surface area contributed by atoms with Gasteiger partial charge in [0.15, 0.2) is 5.78 Å². The normalized spacial score (nSPS) is 32.9. The molecule has 17 heavy (non-hydrogen) atoms. The van der Waals surface area contributed by atoms with Gasteiger partial charge < -0.3 is 9.47 Å². The van der Waals surface area contributed by atoms with E-state index in [0.29, 0.717) is 25.0 Å². The average Bonchev–Trinajstić information content (AvgIpc) is 2.85. The summed E-state index contributed by atoms with van der Waals surface area (Å²) in [6.07, 6.45) is 7.55. The fraction of sp³-hybridized carbons (Fsp3) is 0.786. The van der Waals surface area contributed by atoms with E-state index in [1.54, 1.807) is 0 Å². The van der Waals surface area contributed by atoms with Crippen LogP contribution in [0.5, 0.6) is 0 Å². The van der Waals surface area contributed by atoms with Gasteiger partial charge in [0.2, 0.25) is 0 Å². The lowest BCUT2D eigenvalue weighted by atomic mass is 9.85. The van der Waals surface area contributed by atoms with Gasteiger partial charge in [-0.25, -0.2) is 0 Å². The van der Waals surface area contributed by atoms with Crippen LogP contribution in [0.4, 0.5) is 0 Å². The van der Waals surface area contributed by atoms with Gasteiger partial charge >= 0.3 is 0 Å². The number of Topliss-reactive ketones (excluding diaryl/α,β-unsaturated/α-hetero) is 1. The zero-order valence-electron chi connectivity index (χ0n) is 10.6. The van der Waals surface area contributed by atoms with Crippen molar-refractivity contribution in [3.05, 3.63) is 12.2 Å². The lowest BCUT2D eigenvalue weighted by molar-refractivity contribution is -0.128. The topological polar surface area (TPSA) is 35.5 Å². The highest BCUT2D eigenvalue weighted by atomic mass is 16.5. The first-order valence-electron chi connectivity index (χ1n) is 6.60. The molecular weight excluding hydrogens is 216 g/mol. The summed E-state index contributed by atoms with van der Waals surface area (Å²) in [5.74, 6) is 1.54. The standard InChI is InChI=1S/C14H22O3/c1-11-4-2-3-5-12(11)8-17-10-14(15)13-6-7-16-9-13/h2-3,11-13H,4-10H2,1H3. The Balaban J connectivity index is 1.65. The molecule has 0 N–H and O–H groups in total. The highest BCUT2D eigenvalue weighted by molar-refractivity contribution is 5.82. The van der Waals surface area contributed by atoms with Crippen LogP contribution in [0.15, 0.2) is 12.2 Å². The van der Waals surface area contributed by atoms with E-state index in [1.165, 1.54) is 0 Å². The predicted molar refractivity (Wildman–Crippen MR) is 65.8 cm³/mol. The fourth-order valence-corrected chi connectivity index (χ4v) is 2.46. The minimum Gasteiger partial charge on any atom is -0.381 e. The second-order valence-corrected chi connectivity index (χ2v) is 5.22. The summed E-state index contributed by atoms with van der Waals surface area (Å²) in [4.78, 5) is 11.7. The first-order chi connectivity index (χ1) is 8.27. The second-order valence-electron chi connectivity index (χ2n) is 5.22. The van der Waals surface area contributed by atoms with Gasteiger partial charge in [0, 0.05) is 12.5 Å². The minimum absolute atomic E-state index is 0.0821. The first-order valence-corrected chi connectivity index (χ1v) is 6.60. The Hall–Kier alpha value is -0.670. The molecule has 0 amide bonds. The third-order valence-electron chi connectivity index (χ3n) is 3.88. The van der Waals surface area contributed by atoms with Crippen LogP contribution in [0.2, 0.25) is 0 Å². The molecule has 3 atom stereocenters.